The van der Waals surface area contributed by atoms with Crippen LogP contribution in [0.25, 0.3) is 33.2 Å². The van der Waals surface area contributed by atoms with Gasteiger partial charge in [0.25, 0.3) is 0 Å². The number of hydrogen-bond donors (Lipinski definition) is 0. The van der Waals surface area contributed by atoms with Gasteiger partial charge in [0, 0.05) is 28.1 Å². The van der Waals surface area contributed by atoms with Gasteiger partial charge in [-0.05, 0) is 123 Å². The fourth-order valence-electron chi connectivity index (χ4n) is 9.06. The van der Waals surface area contributed by atoms with Crippen molar-refractivity contribution in [3.05, 3.63) is 229 Å². The van der Waals surface area contributed by atoms with E-state index < -0.39 is 5.41 Å². The summed E-state index contributed by atoms with van der Waals surface area (Å²) in [4.78, 5) is 4.74. The van der Waals surface area contributed by atoms with Crippen LogP contribution in [0.3, 0.4) is 0 Å². The molecule has 0 saturated carbocycles. The zero-order chi connectivity index (χ0) is 35.6. The van der Waals surface area contributed by atoms with Crippen LogP contribution in [0.4, 0.5) is 34.1 Å². The maximum absolute atomic E-state index is 5.67. The van der Waals surface area contributed by atoms with Gasteiger partial charge in [-0.25, -0.2) is 0 Å². The van der Waals surface area contributed by atoms with Gasteiger partial charge in [0.2, 0.25) is 0 Å². The Labute approximate surface area is 314 Å². The highest BCUT2D eigenvalue weighted by Gasteiger charge is 2.51. The molecule has 0 unspecified atom stereocenters. The molecule has 2 heterocycles. The summed E-state index contributed by atoms with van der Waals surface area (Å²) in [5, 5.41) is 1.08. The summed E-state index contributed by atoms with van der Waals surface area (Å²) in [5.74, 6) is 0. The second kappa shape index (κ2) is 12.0. The molecule has 1 aromatic heterocycles. The molecule has 1 aliphatic heterocycles. The molecule has 0 fully saturated rings. The third kappa shape index (κ3) is 4.42. The largest absolute Gasteiger partial charge is 0.464 e. The lowest BCUT2D eigenvalue weighted by molar-refractivity contribution is 0.616. The molecule has 0 N–H and O–H groups in total. The highest BCUT2D eigenvalue weighted by molar-refractivity contribution is 5.96. The molecule has 3 heteroatoms. The molecule has 254 valence electrons. The van der Waals surface area contributed by atoms with E-state index in [1.54, 1.807) is 6.26 Å². The molecular formula is C51H34N2O. The van der Waals surface area contributed by atoms with Crippen LogP contribution in [-0.4, -0.2) is 0 Å². The Morgan fingerprint density at radius 3 is 1.72 bits per heavy atom. The minimum absolute atomic E-state index is 0.490. The first kappa shape index (κ1) is 30.5. The topological polar surface area (TPSA) is 19.6 Å². The lowest BCUT2D eigenvalue weighted by Crippen LogP contribution is -2.36. The monoisotopic (exact) mass is 690 g/mol. The van der Waals surface area contributed by atoms with Gasteiger partial charge in [-0.2, -0.15) is 0 Å². The van der Waals surface area contributed by atoms with Gasteiger partial charge in [-0.3, -0.25) is 0 Å². The van der Waals surface area contributed by atoms with Gasteiger partial charge in [-0.1, -0.05) is 121 Å². The van der Waals surface area contributed by atoms with Crippen LogP contribution >= 0.6 is 0 Å². The van der Waals surface area contributed by atoms with Crippen LogP contribution in [0.15, 0.2) is 211 Å². The van der Waals surface area contributed by atoms with Crippen molar-refractivity contribution in [1.82, 2.24) is 0 Å². The molecule has 0 atom stereocenters. The average Bonchev–Trinajstić information content (AvgIpc) is 3.83. The molecule has 11 rings (SSSR count). The molecule has 2 aliphatic rings. The van der Waals surface area contributed by atoms with Crippen LogP contribution in [0.1, 0.15) is 22.3 Å². The Morgan fingerprint density at radius 1 is 0.407 bits per heavy atom. The molecule has 0 saturated heterocycles. The Bertz CT molecular complexity index is 2790. The maximum Gasteiger partial charge on any atom is 0.133 e. The van der Waals surface area contributed by atoms with Gasteiger partial charge in [-0.15, -0.1) is 0 Å². The summed E-state index contributed by atoms with van der Waals surface area (Å²) >= 11 is 0. The Morgan fingerprint density at radius 2 is 0.981 bits per heavy atom. The van der Waals surface area contributed by atoms with E-state index in [0.29, 0.717) is 0 Å². The number of fused-ring (bicyclic) bond motifs is 10. The third-order valence-electron chi connectivity index (χ3n) is 11.3. The van der Waals surface area contributed by atoms with Crippen molar-refractivity contribution in [3.8, 4) is 22.3 Å². The van der Waals surface area contributed by atoms with Crippen molar-refractivity contribution >= 4 is 45.1 Å². The molecule has 8 aromatic carbocycles. The van der Waals surface area contributed by atoms with Crippen LogP contribution in [0.2, 0.25) is 0 Å². The van der Waals surface area contributed by atoms with Gasteiger partial charge >= 0.3 is 0 Å². The second-order valence-electron chi connectivity index (χ2n) is 14.1. The van der Waals surface area contributed by atoms with Crippen LogP contribution in [0.5, 0.6) is 0 Å². The van der Waals surface area contributed by atoms with Crippen LogP contribution < -0.4 is 9.80 Å². The summed E-state index contributed by atoms with van der Waals surface area (Å²) in [6.45, 7) is 0. The average molecular weight is 691 g/mol. The molecule has 9 aromatic rings. The van der Waals surface area contributed by atoms with E-state index in [4.69, 9.17) is 4.42 Å². The predicted molar refractivity (Wildman–Crippen MR) is 222 cm³/mol. The molecule has 0 amide bonds. The van der Waals surface area contributed by atoms with Gasteiger partial charge in [0.15, 0.2) is 0 Å². The van der Waals surface area contributed by atoms with E-state index in [1.807, 2.05) is 12.1 Å². The van der Waals surface area contributed by atoms with Gasteiger partial charge < -0.3 is 14.2 Å². The van der Waals surface area contributed by atoms with E-state index >= 15 is 0 Å². The fraction of sp³-hybridized carbons (Fsp3) is 0.0196. The van der Waals surface area contributed by atoms with E-state index in [-0.39, 0.29) is 0 Å². The minimum Gasteiger partial charge on any atom is -0.464 e. The normalized spacial score (nSPS) is 13.3. The first-order valence-corrected chi connectivity index (χ1v) is 18.5. The van der Waals surface area contributed by atoms with E-state index in [0.717, 1.165) is 33.7 Å². The highest BCUT2D eigenvalue weighted by atomic mass is 16.3. The molecule has 3 nitrogen and oxygen atoms in total. The summed E-state index contributed by atoms with van der Waals surface area (Å²) < 4.78 is 5.67. The van der Waals surface area contributed by atoms with Crippen LogP contribution in [0, 0.1) is 0 Å². The van der Waals surface area contributed by atoms with E-state index in [2.05, 4.69) is 198 Å². The first-order valence-electron chi connectivity index (χ1n) is 18.5. The summed E-state index contributed by atoms with van der Waals surface area (Å²) in [6.07, 6.45) is 1.75. The van der Waals surface area contributed by atoms with Crippen molar-refractivity contribution in [3.63, 3.8) is 0 Å². The maximum atomic E-state index is 5.67. The second-order valence-corrected chi connectivity index (χ2v) is 14.1. The number of hydrogen-bond acceptors (Lipinski definition) is 3. The smallest absolute Gasteiger partial charge is 0.133 e. The fourth-order valence-corrected chi connectivity index (χ4v) is 9.06. The molecular weight excluding hydrogens is 657 g/mol. The lowest BCUT2D eigenvalue weighted by atomic mass is 9.64. The summed E-state index contributed by atoms with van der Waals surface area (Å²) in [7, 11) is 0. The number of benzene rings is 8. The quantitative estimate of drug-likeness (QED) is 0.179. The number of nitrogens with zero attached hydrogens (tertiary/aromatic N) is 2. The summed E-state index contributed by atoms with van der Waals surface area (Å²) in [6, 6.07) is 72.8. The Kier molecular flexibility index (Phi) is 6.77. The molecule has 54 heavy (non-hydrogen) atoms. The van der Waals surface area contributed by atoms with Crippen molar-refractivity contribution in [2.24, 2.45) is 0 Å². The molecule has 0 bridgehead atoms. The van der Waals surface area contributed by atoms with Crippen molar-refractivity contribution in [2.45, 2.75) is 5.41 Å². The number of anilines is 6. The van der Waals surface area contributed by atoms with Crippen molar-refractivity contribution in [1.29, 1.82) is 0 Å². The van der Waals surface area contributed by atoms with E-state index in [9.17, 15) is 0 Å². The molecule has 1 spiro atoms. The van der Waals surface area contributed by atoms with Crippen molar-refractivity contribution in [2.75, 3.05) is 9.80 Å². The zero-order valence-corrected chi connectivity index (χ0v) is 29.4. The standard InChI is InChI=1S/C51H34N2O/c1-3-13-38(14-4-1)52(41-28-30-50-37(33-41)31-32-54-50)40-26-23-35(24-27-40)36-25-29-43-42-17-7-8-18-44(42)51(47(43)34-36)45-19-9-11-21-48(45)53(39-15-5-2-6-16-39)49-22-12-10-20-46(49)51/h1-34H. The zero-order valence-electron chi connectivity index (χ0n) is 29.4. The van der Waals surface area contributed by atoms with Gasteiger partial charge in [0.05, 0.1) is 23.1 Å². The predicted octanol–water partition coefficient (Wildman–Crippen LogP) is 13.7. The minimum atomic E-state index is -0.490. The molecule has 0 radical (unpaired) electrons. The summed E-state index contributed by atoms with van der Waals surface area (Å²) in [5.41, 5.74) is 17.4. The van der Waals surface area contributed by atoms with Gasteiger partial charge in [0.1, 0.15) is 5.58 Å². The molecule has 1 aliphatic carbocycles. The Hall–Kier alpha value is -7.10. The SMILES string of the molecule is c1ccc(N(c2ccc(-c3ccc4c(c3)C3(c5ccccc5-4)c4ccccc4N(c4ccccc4)c4ccccc43)cc2)c2ccc3occc3c2)cc1. The number of furan rings is 1. The number of rotatable bonds is 5. The Balaban J connectivity index is 1.08. The van der Waals surface area contributed by atoms with Crippen molar-refractivity contribution < 1.29 is 4.42 Å². The third-order valence-corrected chi connectivity index (χ3v) is 11.3. The number of para-hydroxylation sites is 4. The highest BCUT2D eigenvalue weighted by Crippen LogP contribution is 2.63. The van der Waals surface area contributed by atoms with E-state index in [1.165, 1.54) is 55.9 Å². The van der Waals surface area contributed by atoms with Crippen LogP contribution in [-0.2, 0) is 5.41 Å². The first-order chi connectivity index (χ1) is 26.8. The lowest BCUT2D eigenvalue weighted by Gasteiger charge is -2.45.